The Labute approximate surface area is 142 Å². The van der Waals surface area contributed by atoms with Crippen molar-refractivity contribution in [1.82, 2.24) is 14.7 Å². The van der Waals surface area contributed by atoms with Crippen LogP contribution in [0.15, 0.2) is 42.7 Å². The van der Waals surface area contributed by atoms with Crippen LogP contribution in [0.3, 0.4) is 0 Å². The number of aromatic nitrogens is 2. The highest BCUT2D eigenvalue weighted by atomic mass is 16.5. The summed E-state index contributed by atoms with van der Waals surface area (Å²) < 4.78 is 7.69. The van der Waals surface area contributed by atoms with Gasteiger partial charge in [0.2, 0.25) is 5.91 Å². The molecule has 24 heavy (non-hydrogen) atoms. The first-order chi connectivity index (χ1) is 11.8. The van der Waals surface area contributed by atoms with Crippen LogP contribution in [0.2, 0.25) is 0 Å². The van der Waals surface area contributed by atoms with Crippen molar-refractivity contribution < 1.29 is 9.53 Å². The molecule has 2 atom stereocenters. The number of amides is 1. The minimum Gasteiger partial charge on any atom is -0.374 e. The lowest BCUT2D eigenvalue weighted by molar-refractivity contribution is -0.148. The molecule has 1 aromatic heterocycles. The molecule has 2 fully saturated rings. The summed E-state index contributed by atoms with van der Waals surface area (Å²) >= 11 is 0. The monoisotopic (exact) mass is 325 g/mol. The fraction of sp³-hybridized carbons (Fsp3) is 0.474. The van der Waals surface area contributed by atoms with E-state index in [1.807, 2.05) is 46.1 Å². The van der Waals surface area contributed by atoms with Crippen LogP contribution in [0.4, 0.5) is 0 Å². The third-order valence-electron chi connectivity index (χ3n) is 5.06. The van der Waals surface area contributed by atoms with E-state index in [1.54, 1.807) is 6.20 Å². The van der Waals surface area contributed by atoms with Gasteiger partial charge in [0.1, 0.15) is 0 Å². The average Bonchev–Trinajstić information content (AvgIpc) is 3.10. The molecule has 5 nitrogen and oxygen atoms in total. The maximum atomic E-state index is 12.8. The Morgan fingerprint density at radius 2 is 2.04 bits per heavy atom. The Morgan fingerprint density at radius 1 is 1.21 bits per heavy atom. The summed E-state index contributed by atoms with van der Waals surface area (Å²) in [4.78, 5) is 14.9. The Balaban J connectivity index is 1.45. The van der Waals surface area contributed by atoms with Gasteiger partial charge in [0.05, 0.1) is 37.1 Å². The number of morpholine rings is 1. The summed E-state index contributed by atoms with van der Waals surface area (Å²) in [6.07, 6.45) is 8.96. The van der Waals surface area contributed by atoms with Crippen molar-refractivity contribution in [2.75, 3.05) is 13.2 Å². The van der Waals surface area contributed by atoms with E-state index in [-0.39, 0.29) is 18.1 Å². The highest BCUT2D eigenvalue weighted by Crippen LogP contribution is 2.28. The van der Waals surface area contributed by atoms with Crippen LogP contribution < -0.4 is 0 Å². The van der Waals surface area contributed by atoms with Crippen LogP contribution in [0.5, 0.6) is 0 Å². The summed E-state index contributed by atoms with van der Waals surface area (Å²) in [5.41, 5.74) is 1.97. The molecule has 5 heteroatoms. The number of carbonyl (C=O) groups excluding carboxylic acids is 1. The predicted molar refractivity (Wildman–Crippen MR) is 91.0 cm³/mol. The maximum Gasteiger partial charge on any atom is 0.227 e. The van der Waals surface area contributed by atoms with Gasteiger partial charge in [0.15, 0.2) is 0 Å². The number of hydrogen-bond acceptors (Lipinski definition) is 3. The van der Waals surface area contributed by atoms with Crippen molar-refractivity contribution in [3.8, 4) is 5.69 Å². The highest BCUT2D eigenvalue weighted by molar-refractivity contribution is 5.79. The van der Waals surface area contributed by atoms with Gasteiger partial charge in [-0.05, 0) is 30.5 Å². The number of fused-ring (bicyclic) bond motifs is 1. The van der Waals surface area contributed by atoms with Gasteiger partial charge in [-0.3, -0.25) is 4.79 Å². The number of nitrogens with zero attached hydrogens (tertiary/aromatic N) is 3. The Morgan fingerprint density at radius 3 is 2.92 bits per heavy atom. The number of ether oxygens (including phenoxy) is 1. The van der Waals surface area contributed by atoms with Crippen molar-refractivity contribution >= 4 is 5.91 Å². The van der Waals surface area contributed by atoms with Gasteiger partial charge in [0.25, 0.3) is 0 Å². The zero-order chi connectivity index (χ0) is 16.4. The third kappa shape index (κ3) is 3.08. The molecule has 2 aliphatic rings. The summed E-state index contributed by atoms with van der Waals surface area (Å²) in [6, 6.07) is 10.2. The number of hydrogen-bond donors (Lipinski definition) is 0. The van der Waals surface area contributed by atoms with Crippen molar-refractivity contribution in [1.29, 1.82) is 0 Å². The summed E-state index contributed by atoms with van der Waals surface area (Å²) in [5, 5.41) is 4.39. The van der Waals surface area contributed by atoms with Crippen LogP contribution in [-0.4, -0.2) is 45.9 Å². The molecular formula is C19H23N3O2. The van der Waals surface area contributed by atoms with Gasteiger partial charge >= 0.3 is 0 Å². The molecule has 126 valence electrons. The lowest BCUT2D eigenvalue weighted by Crippen LogP contribution is -2.55. The second-order valence-electron chi connectivity index (χ2n) is 6.65. The molecular weight excluding hydrogens is 302 g/mol. The number of rotatable bonds is 3. The normalized spacial score (nSPS) is 23.8. The molecule has 1 saturated heterocycles. The molecule has 1 saturated carbocycles. The maximum absolute atomic E-state index is 12.8. The standard InChI is InChI=1S/C19H23N3O2/c23-19(21-10-11-24-18-9-5-4-8-17(18)21)12-15-13-20-22(14-15)16-6-2-1-3-7-16/h1-3,6-7,13-14,17-18H,4-5,8-12H2/t17-,18-/m1/s1. The summed E-state index contributed by atoms with van der Waals surface area (Å²) in [6.45, 7) is 1.38. The molecule has 2 aromatic rings. The van der Waals surface area contributed by atoms with Crippen LogP contribution in [0.25, 0.3) is 5.69 Å². The first kappa shape index (κ1) is 15.4. The average molecular weight is 325 g/mol. The van der Waals surface area contributed by atoms with E-state index >= 15 is 0 Å². The van der Waals surface area contributed by atoms with Crippen LogP contribution in [0, 0.1) is 0 Å². The minimum absolute atomic E-state index is 0.197. The van der Waals surface area contributed by atoms with E-state index in [4.69, 9.17) is 4.74 Å². The highest BCUT2D eigenvalue weighted by Gasteiger charge is 2.36. The molecule has 1 aliphatic carbocycles. The molecule has 1 amide bonds. The molecule has 0 N–H and O–H groups in total. The van der Waals surface area contributed by atoms with E-state index in [9.17, 15) is 4.79 Å². The minimum atomic E-state index is 0.197. The van der Waals surface area contributed by atoms with Gasteiger partial charge in [0, 0.05) is 12.7 Å². The topological polar surface area (TPSA) is 47.4 Å². The fourth-order valence-electron chi connectivity index (χ4n) is 3.86. The van der Waals surface area contributed by atoms with E-state index < -0.39 is 0 Å². The van der Waals surface area contributed by atoms with Crippen molar-refractivity contribution in [3.05, 3.63) is 48.3 Å². The first-order valence-corrected chi connectivity index (χ1v) is 8.81. The van der Waals surface area contributed by atoms with Crippen LogP contribution >= 0.6 is 0 Å². The van der Waals surface area contributed by atoms with E-state index in [1.165, 1.54) is 12.8 Å². The molecule has 0 radical (unpaired) electrons. The zero-order valence-corrected chi connectivity index (χ0v) is 13.8. The molecule has 0 spiro atoms. The summed E-state index contributed by atoms with van der Waals surface area (Å²) in [5.74, 6) is 0.197. The lowest BCUT2D eigenvalue weighted by Gasteiger charge is -2.43. The van der Waals surface area contributed by atoms with E-state index in [0.717, 1.165) is 24.1 Å². The van der Waals surface area contributed by atoms with Crippen molar-refractivity contribution in [2.45, 2.75) is 44.2 Å². The molecule has 0 unspecified atom stereocenters. The van der Waals surface area contributed by atoms with Crippen LogP contribution in [0.1, 0.15) is 31.2 Å². The van der Waals surface area contributed by atoms with Crippen molar-refractivity contribution in [2.24, 2.45) is 0 Å². The molecule has 0 bridgehead atoms. The largest absolute Gasteiger partial charge is 0.374 e. The SMILES string of the molecule is O=C(Cc1cnn(-c2ccccc2)c1)N1CCO[C@@H]2CCCC[C@H]21. The smallest absolute Gasteiger partial charge is 0.227 e. The van der Waals surface area contributed by atoms with E-state index in [0.29, 0.717) is 19.6 Å². The van der Waals surface area contributed by atoms with Gasteiger partial charge in [-0.25, -0.2) is 4.68 Å². The van der Waals surface area contributed by atoms with E-state index in [2.05, 4.69) is 5.10 Å². The molecule has 2 heterocycles. The first-order valence-electron chi connectivity index (χ1n) is 8.81. The second-order valence-corrected chi connectivity index (χ2v) is 6.65. The van der Waals surface area contributed by atoms with Crippen molar-refractivity contribution in [3.63, 3.8) is 0 Å². The number of para-hydroxylation sites is 1. The van der Waals surface area contributed by atoms with Gasteiger partial charge in [-0.1, -0.05) is 31.0 Å². The summed E-state index contributed by atoms with van der Waals surface area (Å²) in [7, 11) is 0. The fourth-order valence-corrected chi connectivity index (χ4v) is 3.86. The van der Waals surface area contributed by atoms with Crippen LogP contribution in [-0.2, 0) is 16.0 Å². The van der Waals surface area contributed by atoms with Gasteiger partial charge in [-0.15, -0.1) is 0 Å². The quantitative estimate of drug-likeness (QED) is 0.871. The molecule has 1 aliphatic heterocycles. The van der Waals surface area contributed by atoms with Gasteiger partial charge < -0.3 is 9.64 Å². The van der Waals surface area contributed by atoms with Gasteiger partial charge in [-0.2, -0.15) is 5.10 Å². The second kappa shape index (κ2) is 6.77. The molecule has 4 rings (SSSR count). The zero-order valence-electron chi connectivity index (χ0n) is 13.8. The Hall–Kier alpha value is -2.14. The molecule has 1 aromatic carbocycles. The number of benzene rings is 1. The predicted octanol–water partition coefficient (Wildman–Crippen LogP) is 2.58. The lowest BCUT2D eigenvalue weighted by atomic mass is 9.90. The number of carbonyl (C=O) groups is 1. The Bertz CT molecular complexity index is 696. The third-order valence-corrected chi connectivity index (χ3v) is 5.06. The Kier molecular flexibility index (Phi) is 4.34.